The maximum Gasteiger partial charge on any atom is 0.0549 e. The smallest absolute Gasteiger partial charge is 0.0549 e. The molecule has 0 aliphatic heterocycles. The number of fused-ring (bicyclic) bond motifs is 3. The van der Waals surface area contributed by atoms with Crippen molar-refractivity contribution in [3.8, 4) is 0 Å². The molecule has 100 valence electrons. The second kappa shape index (κ2) is 4.37. The van der Waals surface area contributed by atoms with Crippen molar-refractivity contribution < 1.29 is 5.11 Å². The molecule has 5 atom stereocenters. The molecule has 1 N–H and O–H groups in total. The molecular weight excluding hydrogens is 220 g/mol. The van der Waals surface area contributed by atoms with Crippen LogP contribution in [-0.4, -0.2) is 11.2 Å². The number of aliphatic hydroxyl groups is 1. The van der Waals surface area contributed by atoms with Gasteiger partial charge in [0.25, 0.3) is 0 Å². The van der Waals surface area contributed by atoms with Gasteiger partial charge in [-0.15, -0.1) is 0 Å². The van der Waals surface area contributed by atoms with Crippen LogP contribution in [0.1, 0.15) is 64.2 Å². The number of allylic oxidation sites excluding steroid dienone is 2. The fraction of sp³-hybridized carbons (Fsp3) is 0.882. The minimum absolute atomic E-state index is 0.00119. The van der Waals surface area contributed by atoms with Crippen molar-refractivity contribution in [2.45, 2.75) is 70.3 Å². The highest BCUT2D eigenvalue weighted by Crippen LogP contribution is 2.53. The summed E-state index contributed by atoms with van der Waals surface area (Å²) < 4.78 is 0. The average molecular weight is 246 g/mol. The van der Waals surface area contributed by atoms with Crippen LogP contribution < -0.4 is 0 Å². The Labute approximate surface area is 111 Å². The van der Waals surface area contributed by atoms with Gasteiger partial charge >= 0.3 is 0 Å². The SMILES string of the molecule is OC1CCC2=C3CC4CCCC4CC3CCC2C1. The Morgan fingerprint density at radius 3 is 2.44 bits per heavy atom. The van der Waals surface area contributed by atoms with E-state index in [1.54, 1.807) is 0 Å². The fourth-order valence-electron chi connectivity index (χ4n) is 5.57. The quantitative estimate of drug-likeness (QED) is 0.639. The van der Waals surface area contributed by atoms with E-state index < -0.39 is 0 Å². The standard InChI is InChI=1S/C17H26O/c18-15-6-7-16-14(9-15)5-4-13-8-11-2-1-3-12(11)10-17(13)16/h11-15,18H,1-10H2. The lowest BCUT2D eigenvalue weighted by Gasteiger charge is -2.44. The summed E-state index contributed by atoms with van der Waals surface area (Å²) in [6.45, 7) is 0. The van der Waals surface area contributed by atoms with Crippen molar-refractivity contribution >= 4 is 0 Å². The summed E-state index contributed by atoms with van der Waals surface area (Å²) in [6.07, 6.45) is 13.6. The topological polar surface area (TPSA) is 20.2 Å². The zero-order valence-electron chi connectivity index (χ0n) is 11.4. The predicted octanol–water partition coefficient (Wildman–Crippen LogP) is 4.06. The third-order valence-corrected chi connectivity index (χ3v) is 6.45. The molecule has 0 aromatic carbocycles. The van der Waals surface area contributed by atoms with Crippen molar-refractivity contribution in [3.63, 3.8) is 0 Å². The van der Waals surface area contributed by atoms with E-state index in [0.717, 1.165) is 36.5 Å². The van der Waals surface area contributed by atoms with Gasteiger partial charge in [0.1, 0.15) is 0 Å². The minimum Gasteiger partial charge on any atom is -0.393 e. The molecule has 0 spiro atoms. The Kier molecular flexibility index (Phi) is 2.80. The van der Waals surface area contributed by atoms with Crippen molar-refractivity contribution in [1.29, 1.82) is 0 Å². The van der Waals surface area contributed by atoms with E-state index in [4.69, 9.17) is 0 Å². The van der Waals surface area contributed by atoms with Gasteiger partial charge in [-0.25, -0.2) is 0 Å². The first kappa shape index (κ1) is 11.5. The molecular formula is C17H26O. The molecule has 0 bridgehead atoms. The largest absolute Gasteiger partial charge is 0.393 e. The summed E-state index contributed by atoms with van der Waals surface area (Å²) in [5.74, 6) is 3.82. The van der Waals surface area contributed by atoms with Gasteiger partial charge in [0, 0.05) is 0 Å². The van der Waals surface area contributed by atoms with Crippen LogP contribution in [-0.2, 0) is 0 Å². The van der Waals surface area contributed by atoms with Crippen molar-refractivity contribution in [1.82, 2.24) is 0 Å². The molecule has 4 aliphatic rings. The third-order valence-electron chi connectivity index (χ3n) is 6.45. The summed E-state index contributed by atoms with van der Waals surface area (Å²) in [5.41, 5.74) is 3.71. The van der Waals surface area contributed by atoms with Gasteiger partial charge in [-0.3, -0.25) is 0 Å². The van der Waals surface area contributed by atoms with E-state index in [0.29, 0.717) is 0 Å². The maximum atomic E-state index is 9.87. The number of hydrogen-bond acceptors (Lipinski definition) is 1. The van der Waals surface area contributed by atoms with Crippen molar-refractivity contribution in [2.75, 3.05) is 0 Å². The molecule has 1 nitrogen and oxygen atoms in total. The Bertz CT molecular complexity index is 370. The molecule has 0 amide bonds. The zero-order valence-corrected chi connectivity index (χ0v) is 11.4. The first-order valence-corrected chi connectivity index (χ1v) is 8.21. The van der Waals surface area contributed by atoms with Crippen molar-refractivity contribution in [2.24, 2.45) is 23.7 Å². The van der Waals surface area contributed by atoms with Gasteiger partial charge < -0.3 is 5.11 Å². The molecule has 4 rings (SSSR count). The van der Waals surface area contributed by atoms with Gasteiger partial charge in [0.15, 0.2) is 0 Å². The summed E-state index contributed by atoms with van der Waals surface area (Å²) in [5, 5.41) is 9.87. The van der Waals surface area contributed by atoms with Gasteiger partial charge in [0.2, 0.25) is 0 Å². The highest BCUT2D eigenvalue weighted by atomic mass is 16.3. The monoisotopic (exact) mass is 246 g/mol. The zero-order chi connectivity index (χ0) is 12.1. The van der Waals surface area contributed by atoms with Crippen LogP contribution in [0.2, 0.25) is 0 Å². The lowest BCUT2D eigenvalue weighted by molar-refractivity contribution is 0.108. The van der Waals surface area contributed by atoms with Crippen LogP contribution in [0.4, 0.5) is 0 Å². The first-order valence-electron chi connectivity index (χ1n) is 8.21. The van der Waals surface area contributed by atoms with Gasteiger partial charge in [0.05, 0.1) is 6.10 Å². The highest BCUT2D eigenvalue weighted by molar-refractivity contribution is 5.27. The van der Waals surface area contributed by atoms with E-state index in [-0.39, 0.29) is 6.10 Å². The molecule has 0 radical (unpaired) electrons. The van der Waals surface area contributed by atoms with E-state index in [9.17, 15) is 5.11 Å². The van der Waals surface area contributed by atoms with Crippen LogP contribution >= 0.6 is 0 Å². The number of hydrogen-bond donors (Lipinski definition) is 1. The Morgan fingerprint density at radius 1 is 0.778 bits per heavy atom. The number of aliphatic hydroxyl groups excluding tert-OH is 1. The van der Waals surface area contributed by atoms with Crippen molar-refractivity contribution in [3.05, 3.63) is 11.1 Å². The summed E-state index contributed by atoms with van der Waals surface area (Å²) in [4.78, 5) is 0. The maximum absolute atomic E-state index is 9.87. The predicted molar refractivity (Wildman–Crippen MR) is 73.2 cm³/mol. The molecule has 0 heterocycles. The molecule has 1 heteroatoms. The van der Waals surface area contributed by atoms with Gasteiger partial charge in [-0.2, -0.15) is 0 Å². The fourth-order valence-corrected chi connectivity index (χ4v) is 5.57. The molecule has 18 heavy (non-hydrogen) atoms. The van der Waals surface area contributed by atoms with Crippen LogP contribution in [0.5, 0.6) is 0 Å². The molecule has 4 aliphatic carbocycles. The van der Waals surface area contributed by atoms with Gasteiger partial charge in [-0.1, -0.05) is 24.0 Å². The third kappa shape index (κ3) is 1.78. The van der Waals surface area contributed by atoms with Gasteiger partial charge in [-0.05, 0) is 75.0 Å². The molecule has 5 unspecified atom stereocenters. The lowest BCUT2D eigenvalue weighted by Crippen LogP contribution is -2.32. The van der Waals surface area contributed by atoms with Crippen LogP contribution in [0.3, 0.4) is 0 Å². The second-order valence-electron chi connectivity index (χ2n) is 7.34. The highest BCUT2D eigenvalue weighted by Gasteiger charge is 2.41. The van der Waals surface area contributed by atoms with E-state index >= 15 is 0 Å². The molecule has 0 saturated heterocycles. The molecule has 3 fully saturated rings. The first-order chi connectivity index (χ1) is 8.81. The number of rotatable bonds is 0. The van der Waals surface area contributed by atoms with E-state index in [1.165, 1.54) is 51.4 Å². The second-order valence-corrected chi connectivity index (χ2v) is 7.34. The normalized spacial score (nSPS) is 47.5. The van der Waals surface area contributed by atoms with Crippen LogP contribution in [0.25, 0.3) is 0 Å². The Morgan fingerprint density at radius 2 is 1.56 bits per heavy atom. The minimum atomic E-state index is -0.00119. The van der Waals surface area contributed by atoms with E-state index in [2.05, 4.69) is 0 Å². The Hall–Kier alpha value is -0.300. The Balaban J connectivity index is 1.63. The van der Waals surface area contributed by atoms with E-state index in [1.807, 2.05) is 11.1 Å². The molecule has 0 aromatic heterocycles. The average Bonchev–Trinajstić information content (AvgIpc) is 2.82. The van der Waals surface area contributed by atoms with Crippen LogP contribution in [0.15, 0.2) is 11.1 Å². The summed E-state index contributed by atoms with van der Waals surface area (Å²) in [7, 11) is 0. The molecule has 0 aromatic rings. The summed E-state index contributed by atoms with van der Waals surface area (Å²) in [6, 6.07) is 0. The van der Waals surface area contributed by atoms with Crippen LogP contribution in [0, 0.1) is 23.7 Å². The summed E-state index contributed by atoms with van der Waals surface area (Å²) >= 11 is 0. The molecule has 3 saturated carbocycles. The lowest BCUT2D eigenvalue weighted by atomic mass is 9.62.